The Kier molecular flexibility index (Phi) is 4.58. The van der Waals surface area contributed by atoms with Crippen LogP contribution in [0.5, 0.6) is 5.75 Å². The number of ether oxygens (including phenoxy) is 1. The van der Waals surface area contributed by atoms with E-state index in [1.54, 1.807) is 0 Å². The van der Waals surface area contributed by atoms with Crippen LogP contribution in [0.3, 0.4) is 0 Å². The fourth-order valence-corrected chi connectivity index (χ4v) is 2.01. The lowest BCUT2D eigenvalue weighted by molar-refractivity contribution is 0.317. The van der Waals surface area contributed by atoms with Crippen molar-refractivity contribution in [3.63, 3.8) is 0 Å². The maximum atomic E-state index is 11.5. The quantitative estimate of drug-likeness (QED) is 0.884. The normalized spacial score (nSPS) is 11.4. The molecule has 0 aliphatic carbocycles. The average molecular weight is 264 g/mol. The third-order valence-corrected chi connectivity index (χ3v) is 3.67. The summed E-state index contributed by atoms with van der Waals surface area (Å²) in [7, 11) is -2.09. The van der Waals surface area contributed by atoms with Crippen LogP contribution in [0.1, 0.15) is 13.3 Å². The summed E-state index contributed by atoms with van der Waals surface area (Å²) in [5.41, 5.74) is 0. The van der Waals surface area contributed by atoms with Gasteiger partial charge in [-0.2, -0.15) is 0 Å². The van der Waals surface area contributed by atoms with Crippen molar-refractivity contribution in [3.05, 3.63) is 23.2 Å². The third-order valence-electron chi connectivity index (χ3n) is 1.94. The molecule has 1 rings (SSSR count). The summed E-state index contributed by atoms with van der Waals surface area (Å²) in [6, 6.07) is 4.37. The number of rotatable bonds is 5. The van der Waals surface area contributed by atoms with E-state index in [1.165, 1.54) is 25.2 Å². The molecular weight excluding hydrogens is 250 g/mol. The summed E-state index contributed by atoms with van der Waals surface area (Å²) in [5.74, 6) is 0.389. The van der Waals surface area contributed by atoms with E-state index in [-0.39, 0.29) is 4.90 Å². The Labute approximate surface area is 101 Å². The summed E-state index contributed by atoms with van der Waals surface area (Å²) in [5, 5.41) is 0.406. The zero-order valence-electron chi connectivity index (χ0n) is 9.16. The van der Waals surface area contributed by atoms with Crippen molar-refractivity contribution in [2.75, 3.05) is 13.7 Å². The highest BCUT2D eigenvalue weighted by Crippen LogP contribution is 2.27. The van der Waals surface area contributed by atoms with Crippen molar-refractivity contribution < 1.29 is 13.2 Å². The zero-order valence-corrected chi connectivity index (χ0v) is 10.7. The second-order valence-corrected chi connectivity index (χ2v) is 5.44. The van der Waals surface area contributed by atoms with Gasteiger partial charge in [0.1, 0.15) is 5.75 Å². The molecule has 0 spiro atoms. The number of hydrogen-bond donors (Lipinski definition) is 1. The van der Waals surface area contributed by atoms with Crippen molar-refractivity contribution in [2.45, 2.75) is 18.2 Å². The highest BCUT2D eigenvalue weighted by atomic mass is 35.5. The number of benzene rings is 1. The molecule has 4 nitrogen and oxygen atoms in total. The summed E-state index contributed by atoms with van der Waals surface area (Å²) >= 11 is 5.89. The smallest absolute Gasteiger partial charge is 0.240 e. The maximum absolute atomic E-state index is 11.5. The number of halogens is 1. The van der Waals surface area contributed by atoms with E-state index in [2.05, 4.69) is 4.72 Å². The average Bonchev–Trinajstić information content (AvgIpc) is 2.27. The molecule has 0 fully saturated rings. The minimum Gasteiger partial charge on any atom is -0.492 e. The molecule has 0 aliphatic rings. The molecule has 0 bridgehead atoms. The summed E-state index contributed by atoms with van der Waals surface area (Å²) in [6.07, 6.45) is 0.833. The van der Waals surface area contributed by atoms with Gasteiger partial charge in [0.25, 0.3) is 0 Å². The van der Waals surface area contributed by atoms with Crippen LogP contribution >= 0.6 is 11.6 Å². The van der Waals surface area contributed by atoms with Crippen LogP contribution in [0.4, 0.5) is 0 Å². The lowest BCUT2D eigenvalue weighted by Crippen LogP contribution is -2.18. The number of sulfonamides is 1. The first kappa shape index (κ1) is 13.3. The fourth-order valence-electron chi connectivity index (χ4n) is 1.09. The molecule has 0 radical (unpaired) electrons. The Morgan fingerprint density at radius 1 is 1.44 bits per heavy atom. The fraction of sp³-hybridized carbons (Fsp3) is 0.400. The molecule has 16 heavy (non-hydrogen) atoms. The molecule has 0 atom stereocenters. The Balaban J connectivity index is 3.07. The monoisotopic (exact) mass is 263 g/mol. The second kappa shape index (κ2) is 5.52. The van der Waals surface area contributed by atoms with Crippen molar-refractivity contribution in [1.29, 1.82) is 0 Å². The second-order valence-electron chi connectivity index (χ2n) is 3.15. The Hall–Kier alpha value is -0.780. The first-order valence-electron chi connectivity index (χ1n) is 4.87. The maximum Gasteiger partial charge on any atom is 0.240 e. The van der Waals surface area contributed by atoms with Gasteiger partial charge in [-0.05, 0) is 25.6 Å². The van der Waals surface area contributed by atoms with E-state index in [0.717, 1.165) is 6.42 Å². The largest absolute Gasteiger partial charge is 0.492 e. The Morgan fingerprint density at radius 3 is 2.69 bits per heavy atom. The van der Waals surface area contributed by atoms with Crippen molar-refractivity contribution in [1.82, 2.24) is 4.72 Å². The van der Waals surface area contributed by atoms with Gasteiger partial charge in [0, 0.05) is 6.07 Å². The third kappa shape index (κ3) is 3.10. The van der Waals surface area contributed by atoms with Crippen molar-refractivity contribution >= 4 is 21.6 Å². The predicted molar refractivity (Wildman–Crippen MR) is 63.5 cm³/mol. The predicted octanol–water partition coefficient (Wildman–Crippen LogP) is 2.04. The highest BCUT2D eigenvalue weighted by Gasteiger charge is 2.13. The van der Waals surface area contributed by atoms with Crippen LogP contribution in [0.2, 0.25) is 5.02 Å². The van der Waals surface area contributed by atoms with Crippen LogP contribution < -0.4 is 9.46 Å². The number of hydrogen-bond acceptors (Lipinski definition) is 3. The molecule has 1 aromatic carbocycles. The lowest BCUT2D eigenvalue weighted by Gasteiger charge is -2.09. The molecule has 0 aliphatic heterocycles. The molecule has 0 aromatic heterocycles. The molecule has 0 heterocycles. The lowest BCUT2D eigenvalue weighted by atomic mass is 10.3. The van der Waals surface area contributed by atoms with E-state index in [0.29, 0.717) is 17.4 Å². The van der Waals surface area contributed by atoms with E-state index < -0.39 is 10.0 Å². The van der Waals surface area contributed by atoms with Gasteiger partial charge in [-0.15, -0.1) is 0 Å². The van der Waals surface area contributed by atoms with Gasteiger partial charge in [0.2, 0.25) is 10.0 Å². The van der Waals surface area contributed by atoms with Gasteiger partial charge in [0.15, 0.2) is 0 Å². The number of nitrogens with one attached hydrogen (secondary N) is 1. The topological polar surface area (TPSA) is 55.4 Å². The molecule has 6 heteroatoms. The molecule has 0 saturated heterocycles. The van der Waals surface area contributed by atoms with Crippen molar-refractivity contribution in [3.8, 4) is 5.75 Å². The van der Waals surface area contributed by atoms with Gasteiger partial charge in [0.05, 0.1) is 16.5 Å². The van der Waals surface area contributed by atoms with Crippen LogP contribution in [0.15, 0.2) is 23.1 Å². The molecule has 90 valence electrons. The molecule has 0 unspecified atom stereocenters. The van der Waals surface area contributed by atoms with Gasteiger partial charge < -0.3 is 4.74 Å². The van der Waals surface area contributed by atoms with Crippen LogP contribution in [-0.2, 0) is 10.0 Å². The van der Waals surface area contributed by atoms with Gasteiger partial charge in [-0.25, -0.2) is 13.1 Å². The first-order chi connectivity index (χ1) is 7.51. The standard InChI is InChI=1S/C10H14ClNO3S/c1-3-6-15-10-7-8(4-5-9(10)11)16(13,14)12-2/h4-5,7,12H,3,6H2,1-2H3. The molecule has 0 saturated carbocycles. The Bertz CT molecular complexity index is 459. The molecule has 0 amide bonds. The van der Waals surface area contributed by atoms with E-state index in [9.17, 15) is 8.42 Å². The van der Waals surface area contributed by atoms with Gasteiger partial charge in [-0.3, -0.25) is 0 Å². The SMILES string of the molecule is CCCOc1cc(S(=O)(=O)NC)ccc1Cl. The minimum absolute atomic E-state index is 0.144. The summed E-state index contributed by atoms with van der Waals surface area (Å²) < 4.78 is 30.6. The van der Waals surface area contributed by atoms with Crippen LogP contribution in [0.25, 0.3) is 0 Å². The van der Waals surface area contributed by atoms with E-state index in [1.807, 2.05) is 6.92 Å². The minimum atomic E-state index is -3.45. The molecule has 1 aromatic rings. The van der Waals surface area contributed by atoms with Crippen molar-refractivity contribution in [2.24, 2.45) is 0 Å². The van der Waals surface area contributed by atoms with Gasteiger partial charge in [-0.1, -0.05) is 18.5 Å². The Morgan fingerprint density at radius 2 is 2.12 bits per heavy atom. The van der Waals surface area contributed by atoms with Crippen LogP contribution in [0, 0.1) is 0 Å². The highest BCUT2D eigenvalue weighted by molar-refractivity contribution is 7.89. The molecular formula is C10H14ClNO3S. The summed E-state index contributed by atoms with van der Waals surface area (Å²) in [6.45, 7) is 2.46. The van der Waals surface area contributed by atoms with E-state index >= 15 is 0 Å². The first-order valence-corrected chi connectivity index (χ1v) is 6.73. The molecule has 1 N–H and O–H groups in total. The van der Waals surface area contributed by atoms with E-state index in [4.69, 9.17) is 16.3 Å². The van der Waals surface area contributed by atoms with Crippen LogP contribution in [-0.4, -0.2) is 22.1 Å². The zero-order chi connectivity index (χ0) is 12.2. The summed E-state index contributed by atoms with van der Waals surface area (Å²) in [4.78, 5) is 0.144. The van der Waals surface area contributed by atoms with Gasteiger partial charge >= 0.3 is 0 Å².